The third-order valence-electron chi connectivity index (χ3n) is 8.10. The molecule has 2 saturated heterocycles. The fourth-order valence-corrected chi connectivity index (χ4v) is 8.94. The van der Waals surface area contributed by atoms with Crippen LogP contribution in [0.2, 0.25) is 0 Å². The molecule has 14 nitrogen and oxygen atoms in total. The zero-order valence-electron chi connectivity index (χ0n) is 24.5. The number of carbonyl (C=O) groups is 4. The van der Waals surface area contributed by atoms with Gasteiger partial charge in [0, 0.05) is 23.3 Å². The quantitative estimate of drug-likeness (QED) is 0.151. The van der Waals surface area contributed by atoms with Gasteiger partial charge in [0.25, 0.3) is 27.7 Å². The van der Waals surface area contributed by atoms with E-state index in [1.54, 1.807) is 17.5 Å². The molecular weight excluding hydrogens is 657 g/mol. The van der Waals surface area contributed by atoms with Crippen LogP contribution in [-0.4, -0.2) is 86.9 Å². The van der Waals surface area contributed by atoms with Crippen molar-refractivity contribution in [2.75, 3.05) is 18.0 Å². The van der Waals surface area contributed by atoms with Crippen LogP contribution in [0.3, 0.4) is 0 Å². The summed E-state index contributed by atoms with van der Waals surface area (Å²) in [4.78, 5) is 63.0. The molecule has 1 aromatic heterocycles. The molecular formula is C29H30N6O8S3. The van der Waals surface area contributed by atoms with E-state index >= 15 is 0 Å². The number of allylic oxidation sites excluding steroid dienone is 1. The molecule has 4 N–H and O–H groups in total. The Hall–Kier alpha value is -4.22. The van der Waals surface area contributed by atoms with E-state index in [0.717, 1.165) is 51.8 Å². The molecule has 2 aromatic rings. The molecule has 1 aromatic carbocycles. The molecule has 46 heavy (non-hydrogen) atoms. The fraction of sp³-hybridized carbons (Fsp3) is 0.379. The van der Waals surface area contributed by atoms with Crippen LogP contribution in [0.1, 0.15) is 43.4 Å². The number of anilines is 1. The lowest BCUT2D eigenvalue weighted by molar-refractivity contribution is -0.150. The van der Waals surface area contributed by atoms with Crippen molar-refractivity contribution >= 4 is 67.7 Å². The molecule has 2 atom stereocenters. The summed E-state index contributed by atoms with van der Waals surface area (Å²) in [6.45, 7) is 1.72. The number of carboxylic acids is 1. The van der Waals surface area contributed by atoms with Gasteiger partial charge in [0.15, 0.2) is 10.8 Å². The normalized spacial score (nSPS) is 23.2. The van der Waals surface area contributed by atoms with Gasteiger partial charge in [0.2, 0.25) is 0 Å². The number of benzene rings is 1. The molecule has 3 aliphatic heterocycles. The predicted octanol–water partition coefficient (Wildman–Crippen LogP) is 1.98. The van der Waals surface area contributed by atoms with Crippen molar-refractivity contribution in [1.82, 2.24) is 19.5 Å². The summed E-state index contributed by atoms with van der Waals surface area (Å²) >= 11 is 2.32. The number of fused-ring (bicyclic) bond motifs is 1. The highest BCUT2D eigenvalue weighted by molar-refractivity contribution is 8.00. The van der Waals surface area contributed by atoms with Gasteiger partial charge in [-0.05, 0) is 62.8 Å². The highest BCUT2D eigenvalue weighted by Gasteiger charge is 2.54. The molecule has 1 aliphatic carbocycles. The van der Waals surface area contributed by atoms with Gasteiger partial charge in [0.05, 0.1) is 4.90 Å². The first-order chi connectivity index (χ1) is 22.0. The van der Waals surface area contributed by atoms with Gasteiger partial charge in [0.1, 0.15) is 28.9 Å². The second-order valence-corrected chi connectivity index (χ2v) is 15.0. The SMILES string of the molecule is Cc1ccc(S(=O)(=O)N2CCC(=CC3=C(C(=O)O)N4C(=O)[C@@H](NC(=O)/C(=N\OC5CCCC5)c5csc(N)n5)[C@H]4SC3)C2=O)cc1. The number of nitrogens with two attached hydrogens (primary N) is 1. The minimum Gasteiger partial charge on any atom is -0.477 e. The summed E-state index contributed by atoms with van der Waals surface area (Å²) in [6, 6.07) is 5.07. The van der Waals surface area contributed by atoms with Gasteiger partial charge in [-0.25, -0.2) is 22.5 Å². The van der Waals surface area contributed by atoms with Crippen LogP contribution in [-0.2, 0) is 34.0 Å². The molecule has 0 radical (unpaired) electrons. The van der Waals surface area contributed by atoms with Crippen molar-refractivity contribution < 1.29 is 37.5 Å². The Bertz CT molecular complexity index is 1810. The maximum atomic E-state index is 13.4. The topological polar surface area (TPSA) is 202 Å². The summed E-state index contributed by atoms with van der Waals surface area (Å²) < 4.78 is 27.1. The number of β-lactam (4-membered cyclic amide) rings is 1. The first kappa shape index (κ1) is 31.7. The maximum absolute atomic E-state index is 13.4. The van der Waals surface area contributed by atoms with Crippen LogP contribution in [0.4, 0.5) is 5.13 Å². The Balaban J connectivity index is 1.20. The third-order valence-corrected chi connectivity index (χ3v) is 11.9. The number of thioether (sulfide) groups is 1. The van der Waals surface area contributed by atoms with Crippen LogP contribution in [0, 0.1) is 6.92 Å². The van der Waals surface area contributed by atoms with Crippen molar-refractivity contribution in [1.29, 1.82) is 0 Å². The van der Waals surface area contributed by atoms with Crippen LogP contribution in [0.5, 0.6) is 0 Å². The zero-order valence-corrected chi connectivity index (χ0v) is 27.0. The molecule has 0 bridgehead atoms. The monoisotopic (exact) mass is 686 g/mol. The van der Waals surface area contributed by atoms with Gasteiger partial charge in [-0.15, -0.1) is 23.1 Å². The van der Waals surface area contributed by atoms with E-state index in [9.17, 15) is 32.7 Å². The van der Waals surface area contributed by atoms with E-state index in [2.05, 4.69) is 15.5 Å². The second kappa shape index (κ2) is 12.5. The van der Waals surface area contributed by atoms with Crippen molar-refractivity contribution in [2.45, 2.75) is 61.4 Å². The van der Waals surface area contributed by atoms with Crippen molar-refractivity contribution in [3.8, 4) is 0 Å². The van der Waals surface area contributed by atoms with Crippen LogP contribution < -0.4 is 11.1 Å². The first-order valence-corrected chi connectivity index (χ1v) is 17.8. The lowest BCUT2D eigenvalue weighted by Gasteiger charge is -2.49. The first-order valence-electron chi connectivity index (χ1n) is 14.5. The number of aromatic nitrogens is 1. The molecule has 242 valence electrons. The number of oxime groups is 1. The van der Waals surface area contributed by atoms with Gasteiger partial charge in [-0.1, -0.05) is 22.9 Å². The molecule has 4 aliphatic rings. The molecule has 3 amide bonds. The number of rotatable bonds is 9. The Labute approximate surface area is 272 Å². The molecule has 1 saturated carbocycles. The van der Waals surface area contributed by atoms with Crippen molar-refractivity contribution in [3.05, 3.63) is 63.8 Å². The lowest BCUT2D eigenvalue weighted by atomic mass is 10.0. The number of aryl methyl sites for hydroxylation is 1. The molecule has 6 rings (SSSR count). The standard InChI is InChI=1S/C29H30N6O8S3/c1-15-6-8-19(9-7-15)46(41,42)34-11-10-16(25(34)37)12-17-13-44-27-22(26(38)35(27)23(17)28(39)40)32-24(36)21(20-14-45-29(30)31-20)33-43-18-4-2-3-5-18/h6-9,12,14,18,22,27H,2-5,10-11,13H2,1H3,(H2,30,31)(H,32,36)(H,39,40)/b16-12?,33-21-/t22-,27-/m1/s1. The van der Waals surface area contributed by atoms with Crippen LogP contribution in [0.15, 0.2) is 62.6 Å². The summed E-state index contributed by atoms with van der Waals surface area (Å²) in [5.74, 6) is -3.43. The van der Waals surface area contributed by atoms with Gasteiger partial charge in [-0.2, -0.15) is 0 Å². The Morgan fingerprint density at radius 1 is 1.20 bits per heavy atom. The Morgan fingerprint density at radius 3 is 2.57 bits per heavy atom. The van der Waals surface area contributed by atoms with Crippen LogP contribution in [0.25, 0.3) is 0 Å². The summed E-state index contributed by atoms with van der Waals surface area (Å²) in [7, 11) is -4.11. The van der Waals surface area contributed by atoms with E-state index in [4.69, 9.17) is 10.6 Å². The highest BCUT2D eigenvalue weighted by atomic mass is 32.2. The number of carbonyl (C=O) groups excluding carboxylic acids is 3. The zero-order chi connectivity index (χ0) is 32.7. The van der Waals surface area contributed by atoms with Gasteiger partial charge < -0.3 is 21.0 Å². The fourth-order valence-electron chi connectivity index (χ4n) is 5.69. The van der Waals surface area contributed by atoms with Crippen molar-refractivity contribution in [3.63, 3.8) is 0 Å². The largest absolute Gasteiger partial charge is 0.477 e. The summed E-state index contributed by atoms with van der Waals surface area (Å²) in [5.41, 5.74) is 6.66. The van der Waals surface area contributed by atoms with Crippen LogP contribution >= 0.6 is 23.1 Å². The molecule has 0 unspecified atom stereocenters. The van der Waals surface area contributed by atoms with E-state index in [1.165, 1.54) is 30.0 Å². The smallest absolute Gasteiger partial charge is 0.352 e. The summed E-state index contributed by atoms with van der Waals surface area (Å²) in [5, 5.41) is 17.9. The second-order valence-electron chi connectivity index (χ2n) is 11.2. The number of amides is 3. The van der Waals surface area contributed by atoms with Gasteiger partial charge >= 0.3 is 5.97 Å². The summed E-state index contributed by atoms with van der Waals surface area (Å²) in [6.07, 6.45) is 4.90. The highest BCUT2D eigenvalue weighted by Crippen LogP contribution is 2.41. The third kappa shape index (κ3) is 5.89. The number of carboxylic acid groups (broad SMARTS) is 1. The average molecular weight is 687 g/mol. The van der Waals surface area contributed by atoms with Crippen molar-refractivity contribution in [2.24, 2.45) is 5.16 Å². The van der Waals surface area contributed by atoms with E-state index in [0.29, 0.717) is 0 Å². The van der Waals surface area contributed by atoms with Gasteiger partial charge in [-0.3, -0.25) is 19.3 Å². The number of hydrogen-bond acceptors (Lipinski definition) is 12. The number of nitrogens with zero attached hydrogens (tertiary/aromatic N) is 4. The number of nitrogen functional groups attached to an aromatic ring is 1. The molecule has 0 spiro atoms. The predicted molar refractivity (Wildman–Crippen MR) is 169 cm³/mol. The minimum absolute atomic E-state index is 0.0231. The number of nitrogens with one attached hydrogen (secondary N) is 1. The number of hydrogen-bond donors (Lipinski definition) is 3. The number of aliphatic carboxylic acids is 1. The maximum Gasteiger partial charge on any atom is 0.352 e. The lowest BCUT2D eigenvalue weighted by Crippen LogP contribution is -2.71. The molecule has 17 heteroatoms. The van der Waals surface area contributed by atoms with E-state index in [-0.39, 0.29) is 63.1 Å². The average Bonchev–Trinajstić information content (AvgIpc) is 3.78. The number of sulfonamides is 1. The number of thiazole rings is 1. The minimum atomic E-state index is -4.11. The Kier molecular flexibility index (Phi) is 8.64. The molecule has 3 fully saturated rings. The van der Waals surface area contributed by atoms with E-state index < -0.39 is 45.1 Å². The van der Waals surface area contributed by atoms with E-state index in [1.807, 2.05) is 6.92 Å². The Morgan fingerprint density at radius 2 is 1.91 bits per heavy atom. The molecule has 4 heterocycles.